The molecule has 134 valence electrons. The van der Waals surface area contributed by atoms with E-state index in [9.17, 15) is 13.2 Å². The van der Waals surface area contributed by atoms with Gasteiger partial charge in [-0.3, -0.25) is 4.79 Å². The van der Waals surface area contributed by atoms with Gasteiger partial charge in [-0.15, -0.1) is 0 Å². The fourth-order valence-electron chi connectivity index (χ4n) is 2.94. The summed E-state index contributed by atoms with van der Waals surface area (Å²) >= 11 is 0. The summed E-state index contributed by atoms with van der Waals surface area (Å²) in [5.41, 5.74) is 0.583. The van der Waals surface area contributed by atoms with Gasteiger partial charge < -0.3 is 14.6 Å². The summed E-state index contributed by atoms with van der Waals surface area (Å²) in [5, 5.41) is 2.63. The smallest absolute Gasteiger partial charge is 0.243 e. The summed E-state index contributed by atoms with van der Waals surface area (Å²) in [7, 11) is -3.51. The summed E-state index contributed by atoms with van der Waals surface area (Å²) in [6.45, 7) is 4.62. The van der Waals surface area contributed by atoms with E-state index >= 15 is 0 Å². The quantitative estimate of drug-likeness (QED) is 0.801. The molecule has 7 nitrogen and oxygen atoms in total. The zero-order chi connectivity index (χ0) is 17.9. The number of hydrogen-bond donors (Lipinski definition) is 2. The highest BCUT2D eigenvalue weighted by atomic mass is 32.2. The summed E-state index contributed by atoms with van der Waals surface area (Å²) in [6, 6.07) is 10.1. The van der Waals surface area contributed by atoms with Gasteiger partial charge in [0.2, 0.25) is 15.9 Å². The third kappa shape index (κ3) is 4.28. The second kappa shape index (κ2) is 7.38. The molecule has 0 radical (unpaired) electrons. The van der Waals surface area contributed by atoms with Gasteiger partial charge in [0.05, 0.1) is 37.3 Å². The van der Waals surface area contributed by atoms with Crippen LogP contribution < -0.4 is 10.2 Å². The normalized spacial score (nSPS) is 16.7. The van der Waals surface area contributed by atoms with E-state index in [1.54, 1.807) is 18.4 Å². The minimum atomic E-state index is -3.51. The number of hydrogen-bond acceptors (Lipinski definition) is 4. The Morgan fingerprint density at radius 3 is 2.44 bits per heavy atom. The van der Waals surface area contributed by atoms with E-state index in [0.29, 0.717) is 18.8 Å². The van der Waals surface area contributed by atoms with E-state index in [1.165, 1.54) is 28.3 Å². The van der Waals surface area contributed by atoms with Crippen LogP contribution in [0.5, 0.6) is 0 Å². The number of amides is 1. The van der Waals surface area contributed by atoms with Crippen molar-refractivity contribution in [3.05, 3.63) is 48.4 Å². The predicted octanol–water partition coefficient (Wildman–Crippen LogP) is 0.327. The molecule has 1 aliphatic heterocycles. The summed E-state index contributed by atoms with van der Waals surface area (Å²) < 4.78 is 32.4. The van der Waals surface area contributed by atoms with Crippen molar-refractivity contribution >= 4 is 21.6 Å². The lowest BCUT2D eigenvalue weighted by Crippen LogP contribution is -3.13. The van der Waals surface area contributed by atoms with Gasteiger partial charge in [-0.1, -0.05) is 0 Å². The Balaban J connectivity index is 1.62. The molecule has 1 fully saturated rings. The number of benzene rings is 1. The van der Waals surface area contributed by atoms with Crippen molar-refractivity contribution in [2.45, 2.75) is 18.4 Å². The molecule has 25 heavy (non-hydrogen) atoms. The number of sulfonamides is 1. The lowest BCUT2D eigenvalue weighted by molar-refractivity contribution is -0.918. The maximum absolute atomic E-state index is 12.8. The lowest BCUT2D eigenvalue weighted by atomic mass is 10.3. The average molecular weight is 364 g/mol. The van der Waals surface area contributed by atoms with Crippen LogP contribution in [0.1, 0.15) is 12.7 Å². The highest BCUT2D eigenvalue weighted by molar-refractivity contribution is 7.89. The fraction of sp³-hybridized carbons (Fsp3) is 0.353. The van der Waals surface area contributed by atoms with Gasteiger partial charge in [0.1, 0.15) is 6.54 Å². The molecule has 8 heteroatoms. The van der Waals surface area contributed by atoms with Crippen molar-refractivity contribution < 1.29 is 22.5 Å². The first-order valence-electron chi connectivity index (χ1n) is 8.19. The first-order valence-corrected chi connectivity index (χ1v) is 9.63. The van der Waals surface area contributed by atoms with Crippen molar-refractivity contribution in [1.82, 2.24) is 4.31 Å². The van der Waals surface area contributed by atoms with Gasteiger partial charge in [0.25, 0.3) is 0 Å². The van der Waals surface area contributed by atoms with Crippen molar-refractivity contribution in [2.75, 3.05) is 31.5 Å². The second-order valence-corrected chi connectivity index (χ2v) is 8.05. The zero-order valence-electron chi connectivity index (χ0n) is 14.1. The van der Waals surface area contributed by atoms with Crippen LogP contribution in [0.4, 0.5) is 5.69 Å². The minimum absolute atomic E-state index is 0.189. The van der Waals surface area contributed by atoms with Gasteiger partial charge in [0, 0.05) is 12.6 Å². The molecule has 2 N–H and O–H groups in total. The molecule has 0 unspecified atom stereocenters. The molecule has 1 amide bonds. The molecule has 0 atom stereocenters. The van der Waals surface area contributed by atoms with Crippen LogP contribution in [0.25, 0.3) is 0 Å². The average Bonchev–Trinajstić information content (AvgIpc) is 3.08. The van der Waals surface area contributed by atoms with Crippen LogP contribution in [-0.4, -0.2) is 44.8 Å². The molecule has 0 aliphatic carbocycles. The maximum Gasteiger partial charge on any atom is 0.243 e. The van der Waals surface area contributed by atoms with Gasteiger partial charge in [-0.2, -0.15) is 4.31 Å². The molecule has 0 bridgehead atoms. The number of piperazine rings is 1. The minimum Gasteiger partial charge on any atom is -0.463 e. The van der Waals surface area contributed by atoms with E-state index < -0.39 is 10.0 Å². The van der Waals surface area contributed by atoms with Crippen molar-refractivity contribution in [3.63, 3.8) is 0 Å². The predicted molar refractivity (Wildman–Crippen MR) is 92.6 cm³/mol. The number of nitrogens with one attached hydrogen (secondary N) is 2. The summed E-state index contributed by atoms with van der Waals surface area (Å²) in [6.07, 6.45) is 1.65. The highest BCUT2D eigenvalue weighted by Gasteiger charge is 2.30. The van der Waals surface area contributed by atoms with Crippen molar-refractivity contribution in [3.8, 4) is 0 Å². The number of anilines is 1. The Kier molecular flexibility index (Phi) is 5.22. The molecule has 0 spiro atoms. The number of carbonyl (C=O) groups is 1. The Hall–Kier alpha value is -2.16. The standard InChI is InChI=1S/C17H21N3O4S/c1-14(21)18-15-4-6-17(7-5-15)25(22,23)20-10-8-19(9-11-20)13-16-3-2-12-24-16/h2-7,12H,8-11,13H2,1H3,(H,18,21)/p+1. The van der Waals surface area contributed by atoms with Gasteiger partial charge in [-0.05, 0) is 36.4 Å². The number of carbonyl (C=O) groups excluding carboxylic acids is 1. The topological polar surface area (TPSA) is 84.1 Å². The van der Waals surface area contributed by atoms with Crippen LogP contribution in [0.15, 0.2) is 52.0 Å². The fourth-order valence-corrected chi connectivity index (χ4v) is 4.38. The first kappa shape index (κ1) is 17.7. The molecule has 0 saturated carbocycles. The number of quaternary nitrogens is 1. The van der Waals surface area contributed by atoms with Crippen molar-refractivity contribution in [2.24, 2.45) is 0 Å². The third-order valence-corrected chi connectivity index (χ3v) is 6.16. The maximum atomic E-state index is 12.8. The van der Waals surface area contributed by atoms with E-state index in [0.717, 1.165) is 25.4 Å². The molecule has 1 aliphatic rings. The monoisotopic (exact) mass is 364 g/mol. The lowest BCUT2D eigenvalue weighted by Gasteiger charge is -2.31. The highest BCUT2D eigenvalue weighted by Crippen LogP contribution is 2.18. The van der Waals surface area contributed by atoms with Crippen LogP contribution in [0.3, 0.4) is 0 Å². The number of rotatable bonds is 5. The van der Waals surface area contributed by atoms with E-state index in [4.69, 9.17) is 4.42 Å². The summed E-state index contributed by atoms with van der Waals surface area (Å²) in [5.74, 6) is 0.728. The molecular formula is C17H22N3O4S+. The molecule has 3 rings (SSSR count). The Morgan fingerprint density at radius 2 is 1.88 bits per heavy atom. The molecular weight excluding hydrogens is 342 g/mol. The number of furan rings is 1. The third-order valence-electron chi connectivity index (χ3n) is 4.25. The second-order valence-electron chi connectivity index (χ2n) is 6.12. The SMILES string of the molecule is CC(=O)Nc1ccc(S(=O)(=O)N2CC[NH+](Cc3ccco3)CC2)cc1. The van der Waals surface area contributed by atoms with E-state index in [1.807, 2.05) is 12.1 Å². The molecule has 1 aromatic heterocycles. The Labute approximate surface area is 147 Å². The summed E-state index contributed by atoms with van der Waals surface area (Å²) in [4.78, 5) is 12.6. The van der Waals surface area contributed by atoms with Gasteiger partial charge >= 0.3 is 0 Å². The molecule has 1 aromatic carbocycles. The first-order chi connectivity index (χ1) is 11.9. The van der Waals surface area contributed by atoms with Crippen molar-refractivity contribution in [1.29, 1.82) is 0 Å². The molecule has 2 heterocycles. The molecule has 1 saturated heterocycles. The van der Waals surface area contributed by atoms with E-state index in [2.05, 4.69) is 5.32 Å². The largest absolute Gasteiger partial charge is 0.463 e. The Morgan fingerprint density at radius 1 is 1.20 bits per heavy atom. The van der Waals surface area contributed by atoms with Crippen LogP contribution in [0.2, 0.25) is 0 Å². The van der Waals surface area contributed by atoms with E-state index in [-0.39, 0.29) is 10.8 Å². The van der Waals surface area contributed by atoms with Crippen LogP contribution in [-0.2, 0) is 21.4 Å². The number of nitrogens with zero attached hydrogens (tertiary/aromatic N) is 1. The Bertz CT molecular complexity index is 808. The van der Waals surface area contributed by atoms with Crippen LogP contribution in [0, 0.1) is 0 Å². The zero-order valence-corrected chi connectivity index (χ0v) is 14.9. The molecule has 2 aromatic rings. The van der Waals surface area contributed by atoms with Crippen LogP contribution >= 0.6 is 0 Å². The van der Waals surface area contributed by atoms with Gasteiger partial charge in [-0.25, -0.2) is 8.42 Å². The van der Waals surface area contributed by atoms with Gasteiger partial charge in [0.15, 0.2) is 5.76 Å².